The predicted molar refractivity (Wildman–Crippen MR) is 45.4 cm³/mol. The number of carbonyl (C=O) groups is 3. The highest BCUT2D eigenvalue weighted by Crippen LogP contribution is 1.70. The first-order valence-electron chi connectivity index (χ1n) is 3.06. The van der Waals surface area contributed by atoms with Gasteiger partial charge in [0.15, 0.2) is 0 Å². The Morgan fingerprint density at radius 1 is 1.38 bits per heavy atom. The number of nitrogens with one attached hydrogen (secondary N) is 1. The minimum atomic E-state index is -1.18. The van der Waals surface area contributed by atoms with E-state index in [-0.39, 0.29) is 0 Å². The van der Waals surface area contributed by atoms with E-state index in [1.807, 2.05) is 0 Å². The van der Waals surface area contributed by atoms with Crippen LogP contribution in [0.2, 0.25) is 0 Å². The van der Waals surface area contributed by atoms with E-state index in [4.69, 9.17) is 9.90 Å². The summed E-state index contributed by atoms with van der Waals surface area (Å²) in [5.41, 5.74) is 1.73. The second-order valence-electron chi connectivity index (χ2n) is 1.55. The Morgan fingerprint density at radius 2 is 1.85 bits per heavy atom. The zero-order valence-corrected chi connectivity index (χ0v) is 6.77. The molecule has 0 aliphatic heterocycles. The monoisotopic (exact) mass is 186 g/mol. The Labute approximate surface area is 74.7 Å². The molecule has 72 valence electrons. The Kier molecular flexibility index (Phi) is 10.5. The third-order valence-corrected chi connectivity index (χ3v) is 0.616. The summed E-state index contributed by atoms with van der Waals surface area (Å²) in [4.78, 5) is 28.9. The molecule has 0 rings (SSSR count). The molecule has 1 amide bonds. The largest absolute Gasteiger partial charge is 0.478 e. The highest BCUT2D eigenvalue weighted by molar-refractivity contribution is 5.93. The van der Waals surface area contributed by atoms with Crippen LogP contribution < -0.4 is 11.3 Å². The van der Waals surface area contributed by atoms with E-state index in [2.05, 4.69) is 12.4 Å². The molecule has 13 heavy (non-hydrogen) atoms. The molecule has 6 nitrogen and oxygen atoms in total. The molecule has 0 aliphatic rings. The summed E-state index contributed by atoms with van der Waals surface area (Å²) in [6.07, 6.45) is 3.35. The molecule has 0 heterocycles. The Hall–Kier alpha value is -1.95. The molecule has 0 aromatic heterocycles. The number of aldehydes is 1. The van der Waals surface area contributed by atoms with Gasteiger partial charge >= 0.3 is 5.97 Å². The van der Waals surface area contributed by atoms with Crippen LogP contribution in [0.1, 0.15) is 0 Å². The van der Waals surface area contributed by atoms with Crippen LogP contribution in [0.5, 0.6) is 0 Å². The van der Waals surface area contributed by atoms with Gasteiger partial charge in [0.2, 0.25) is 0 Å². The van der Waals surface area contributed by atoms with Crippen molar-refractivity contribution < 1.29 is 19.5 Å². The number of nitrogens with two attached hydrogens (primary N) is 1. The molecule has 0 fully saturated rings. The van der Waals surface area contributed by atoms with Crippen molar-refractivity contribution in [3.63, 3.8) is 0 Å². The first kappa shape index (κ1) is 13.6. The molecule has 0 bridgehead atoms. The molecule has 0 unspecified atom stereocenters. The third-order valence-electron chi connectivity index (χ3n) is 0.616. The highest BCUT2D eigenvalue weighted by atomic mass is 16.4. The van der Waals surface area contributed by atoms with Gasteiger partial charge in [-0.15, -0.1) is 0 Å². The Balaban J connectivity index is 0. The van der Waals surface area contributed by atoms with Crippen LogP contribution in [-0.4, -0.2) is 23.3 Å². The van der Waals surface area contributed by atoms with Crippen molar-refractivity contribution in [1.82, 2.24) is 5.43 Å². The van der Waals surface area contributed by atoms with Crippen molar-refractivity contribution in [1.29, 1.82) is 0 Å². The topological polar surface area (TPSA) is 109 Å². The highest BCUT2D eigenvalue weighted by Gasteiger charge is 1.90. The van der Waals surface area contributed by atoms with Crippen molar-refractivity contribution in [3.8, 4) is 0 Å². The van der Waals surface area contributed by atoms with Crippen LogP contribution in [0.3, 0.4) is 0 Å². The van der Waals surface area contributed by atoms with Crippen LogP contribution in [0.15, 0.2) is 24.8 Å². The van der Waals surface area contributed by atoms with Gasteiger partial charge in [-0.1, -0.05) is 6.58 Å². The van der Waals surface area contributed by atoms with Crippen molar-refractivity contribution in [3.05, 3.63) is 24.8 Å². The van der Waals surface area contributed by atoms with Gasteiger partial charge in [-0.25, -0.2) is 10.6 Å². The number of hydrogen-bond donors (Lipinski definition) is 3. The molecule has 0 aromatic carbocycles. The van der Waals surface area contributed by atoms with E-state index in [1.165, 1.54) is 6.08 Å². The average molecular weight is 186 g/mol. The Morgan fingerprint density at radius 3 is 2.08 bits per heavy atom. The molecule has 0 atom stereocenters. The fourth-order valence-corrected chi connectivity index (χ4v) is 0.195. The maximum atomic E-state index is 10.1. The fourth-order valence-electron chi connectivity index (χ4n) is 0.195. The van der Waals surface area contributed by atoms with Crippen molar-refractivity contribution in [2.24, 2.45) is 5.84 Å². The number of hydrazine groups is 1. The van der Waals surface area contributed by atoms with Crippen LogP contribution in [0, 0.1) is 0 Å². The van der Waals surface area contributed by atoms with Gasteiger partial charge in [0.05, 0.1) is 0 Å². The summed E-state index contributed by atoms with van der Waals surface area (Å²) in [6, 6.07) is 0. The first-order valence-corrected chi connectivity index (χ1v) is 3.06. The number of carboxylic acids is 1. The second-order valence-corrected chi connectivity index (χ2v) is 1.55. The summed E-state index contributed by atoms with van der Waals surface area (Å²) >= 11 is 0. The summed E-state index contributed by atoms with van der Waals surface area (Å²) < 4.78 is 0. The maximum Gasteiger partial charge on any atom is 0.328 e. The van der Waals surface area contributed by atoms with Crippen LogP contribution in [0.4, 0.5) is 0 Å². The number of amides is 1. The molecule has 0 aliphatic carbocycles. The predicted octanol–water partition coefficient (Wildman–Crippen LogP) is -1.01. The average Bonchev–Trinajstić information content (AvgIpc) is 2.14. The SMILES string of the molecule is C=CC=O.NNC(=O)C=CC(=O)O. The fraction of sp³-hybridized carbons (Fsp3) is 0. The van der Waals surface area contributed by atoms with E-state index < -0.39 is 11.9 Å². The quantitative estimate of drug-likeness (QED) is 0.172. The second kappa shape index (κ2) is 10.0. The van der Waals surface area contributed by atoms with Gasteiger partial charge in [-0.3, -0.25) is 15.0 Å². The molecule has 6 heteroatoms. The smallest absolute Gasteiger partial charge is 0.328 e. The number of aliphatic carboxylic acids is 1. The summed E-state index contributed by atoms with van der Waals surface area (Å²) in [6.45, 7) is 3.11. The lowest BCUT2D eigenvalue weighted by Gasteiger charge is -1.85. The number of carboxylic acid groups (broad SMARTS) is 1. The molecule has 0 radical (unpaired) electrons. The molecule has 0 spiro atoms. The summed E-state index contributed by atoms with van der Waals surface area (Å²) in [5, 5.41) is 7.95. The lowest BCUT2D eigenvalue weighted by molar-refractivity contribution is -0.131. The molecule has 0 saturated carbocycles. The summed E-state index contributed by atoms with van der Waals surface area (Å²) in [5.74, 6) is 2.79. The number of allylic oxidation sites excluding steroid dienone is 1. The van der Waals surface area contributed by atoms with Gasteiger partial charge in [-0.05, 0) is 6.08 Å². The molecular formula is C7H10N2O4. The normalized spacial score (nSPS) is 8.08. The van der Waals surface area contributed by atoms with Gasteiger partial charge in [0, 0.05) is 12.2 Å². The zero-order valence-electron chi connectivity index (χ0n) is 6.77. The van der Waals surface area contributed by atoms with Gasteiger partial charge < -0.3 is 5.11 Å². The van der Waals surface area contributed by atoms with Gasteiger partial charge in [-0.2, -0.15) is 0 Å². The van der Waals surface area contributed by atoms with E-state index in [9.17, 15) is 9.59 Å². The van der Waals surface area contributed by atoms with E-state index in [0.29, 0.717) is 12.4 Å². The number of hydrogen-bond acceptors (Lipinski definition) is 4. The minimum absolute atomic E-state index is 0.639. The summed E-state index contributed by atoms with van der Waals surface area (Å²) in [7, 11) is 0. The number of carbonyl (C=O) groups excluding carboxylic acids is 2. The molecule has 4 N–H and O–H groups in total. The van der Waals surface area contributed by atoms with Crippen LogP contribution >= 0.6 is 0 Å². The molecule has 0 saturated heterocycles. The van der Waals surface area contributed by atoms with E-state index in [0.717, 1.165) is 6.08 Å². The molecular weight excluding hydrogens is 176 g/mol. The lowest BCUT2D eigenvalue weighted by Crippen LogP contribution is -2.28. The van der Waals surface area contributed by atoms with Crippen molar-refractivity contribution in [2.45, 2.75) is 0 Å². The first-order chi connectivity index (χ1) is 6.08. The van der Waals surface area contributed by atoms with E-state index in [1.54, 1.807) is 5.43 Å². The Bertz CT molecular complexity index is 217. The minimum Gasteiger partial charge on any atom is -0.478 e. The lowest BCUT2D eigenvalue weighted by atomic mass is 10.5. The van der Waals surface area contributed by atoms with Gasteiger partial charge in [0.25, 0.3) is 5.91 Å². The maximum absolute atomic E-state index is 10.1. The van der Waals surface area contributed by atoms with Crippen molar-refractivity contribution >= 4 is 18.2 Å². The third kappa shape index (κ3) is 17.8. The van der Waals surface area contributed by atoms with Crippen molar-refractivity contribution in [2.75, 3.05) is 0 Å². The number of rotatable bonds is 3. The van der Waals surface area contributed by atoms with Crippen LogP contribution in [-0.2, 0) is 14.4 Å². The van der Waals surface area contributed by atoms with Crippen LogP contribution in [0.25, 0.3) is 0 Å². The van der Waals surface area contributed by atoms with Gasteiger partial charge in [0.1, 0.15) is 6.29 Å². The van der Waals surface area contributed by atoms with E-state index >= 15 is 0 Å². The molecule has 0 aromatic rings. The zero-order chi connectivity index (χ0) is 10.7. The standard InChI is InChI=1S/C4H6N2O3.C3H4O/c5-6-3(7)1-2-4(8)9;1-2-3-4/h1-2H,5H2,(H,6,7)(H,8,9);2-3H,1H2.